The molecular formula is C19H23N3O3S. The molecule has 1 saturated carbocycles. The third kappa shape index (κ3) is 4.66. The van der Waals surface area contributed by atoms with Gasteiger partial charge in [0.1, 0.15) is 5.76 Å². The number of aromatic nitrogens is 1. The van der Waals surface area contributed by atoms with E-state index in [9.17, 15) is 9.59 Å². The fourth-order valence-corrected chi connectivity index (χ4v) is 3.77. The van der Waals surface area contributed by atoms with Crippen molar-refractivity contribution >= 4 is 29.4 Å². The SMILES string of the molecule is Cc1cc(NC(=O)CSCC(=O)NCC2(c3ccccc3)CCC2)no1. The number of carbonyl (C=O) groups is 2. The quantitative estimate of drug-likeness (QED) is 0.743. The molecule has 26 heavy (non-hydrogen) atoms. The summed E-state index contributed by atoms with van der Waals surface area (Å²) in [5.74, 6) is 1.25. The first-order valence-electron chi connectivity index (χ1n) is 8.71. The van der Waals surface area contributed by atoms with Crippen molar-refractivity contribution in [3.05, 3.63) is 47.7 Å². The van der Waals surface area contributed by atoms with Gasteiger partial charge in [-0.2, -0.15) is 0 Å². The molecule has 0 spiro atoms. The fourth-order valence-electron chi connectivity index (χ4n) is 3.12. The van der Waals surface area contributed by atoms with Crippen LogP contribution in [0.2, 0.25) is 0 Å². The van der Waals surface area contributed by atoms with Crippen LogP contribution in [0.15, 0.2) is 40.9 Å². The molecule has 1 heterocycles. The minimum atomic E-state index is -0.198. The second-order valence-corrected chi connectivity index (χ2v) is 7.63. The van der Waals surface area contributed by atoms with Crippen molar-refractivity contribution in [2.24, 2.45) is 0 Å². The lowest BCUT2D eigenvalue weighted by atomic mass is 9.64. The van der Waals surface area contributed by atoms with Crippen molar-refractivity contribution in [1.82, 2.24) is 10.5 Å². The number of nitrogens with zero attached hydrogens (tertiary/aromatic N) is 1. The molecule has 0 radical (unpaired) electrons. The van der Waals surface area contributed by atoms with Crippen molar-refractivity contribution in [2.75, 3.05) is 23.4 Å². The van der Waals surface area contributed by atoms with E-state index in [1.165, 1.54) is 23.7 Å². The number of thioether (sulfide) groups is 1. The summed E-state index contributed by atoms with van der Waals surface area (Å²) in [5, 5.41) is 9.37. The van der Waals surface area contributed by atoms with E-state index in [4.69, 9.17) is 4.52 Å². The Labute approximate surface area is 157 Å². The van der Waals surface area contributed by atoms with E-state index in [-0.39, 0.29) is 28.7 Å². The van der Waals surface area contributed by atoms with E-state index in [0.29, 0.717) is 18.1 Å². The zero-order chi connectivity index (χ0) is 18.4. The van der Waals surface area contributed by atoms with Crippen LogP contribution in [0.4, 0.5) is 5.82 Å². The summed E-state index contributed by atoms with van der Waals surface area (Å²) in [7, 11) is 0. The van der Waals surface area contributed by atoms with Crippen LogP contribution in [0.1, 0.15) is 30.6 Å². The molecule has 0 unspecified atom stereocenters. The van der Waals surface area contributed by atoms with Gasteiger partial charge in [0.2, 0.25) is 11.8 Å². The summed E-state index contributed by atoms with van der Waals surface area (Å²) in [4.78, 5) is 23.9. The monoisotopic (exact) mass is 373 g/mol. The van der Waals surface area contributed by atoms with E-state index in [1.54, 1.807) is 13.0 Å². The maximum absolute atomic E-state index is 12.1. The van der Waals surface area contributed by atoms with Gasteiger partial charge in [-0.15, -0.1) is 11.8 Å². The lowest BCUT2D eigenvalue weighted by molar-refractivity contribution is -0.119. The molecule has 1 aliphatic carbocycles. The fraction of sp³-hybridized carbons (Fsp3) is 0.421. The van der Waals surface area contributed by atoms with Crippen molar-refractivity contribution in [3.63, 3.8) is 0 Å². The zero-order valence-electron chi connectivity index (χ0n) is 14.8. The molecule has 6 nitrogen and oxygen atoms in total. The number of nitrogens with one attached hydrogen (secondary N) is 2. The molecule has 2 N–H and O–H groups in total. The lowest BCUT2D eigenvalue weighted by Crippen LogP contribution is -2.46. The predicted octanol–water partition coefficient (Wildman–Crippen LogP) is 2.89. The molecule has 2 aromatic rings. The van der Waals surface area contributed by atoms with E-state index >= 15 is 0 Å². The number of anilines is 1. The smallest absolute Gasteiger partial charge is 0.235 e. The molecule has 1 aromatic heterocycles. The minimum Gasteiger partial charge on any atom is -0.360 e. The second kappa shape index (κ2) is 8.40. The number of rotatable bonds is 8. The average Bonchev–Trinajstić information content (AvgIpc) is 2.99. The molecule has 7 heteroatoms. The molecule has 0 atom stereocenters. The molecule has 0 aliphatic heterocycles. The van der Waals surface area contributed by atoms with Gasteiger partial charge in [-0.3, -0.25) is 9.59 Å². The van der Waals surface area contributed by atoms with Crippen LogP contribution in [0.3, 0.4) is 0 Å². The minimum absolute atomic E-state index is 0.0395. The van der Waals surface area contributed by atoms with Crippen LogP contribution in [0.25, 0.3) is 0 Å². The second-order valence-electron chi connectivity index (χ2n) is 6.64. The van der Waals surface area contributed by atoms with Crippen molar-refractivity contribution in [1.29, 1.82) is 0 Å². The Morgan fingerprint density at radius 2 is 1.92 bits per heavy atom. The van der Waals surface area contributed by atoms with E-state index in [0.717, 1.165) is 12.8 Å². The summed E-state index contributed by atoms with van der Waals surface area (Å²) in [5.41, 5.74) is 1.37. The van der Waals surface area contributed by atoms with Crippen molar-refractivity contribution in [3.8, 4) is 0 Å². The highest BCUT2D eigenvalue weighted by Gasteiger charge is 2.38. The van der Waals surface area contributed by atoms with E-state index in [1.807, 2.05) is 18.2 Å². The van der Waals surface area contributed by atoms with E-state index < -0.39 is 0 Å². The number of hydrogen-bond donors (Lipinski definition) is 2. The predicted molar refractivity (Wildman–Crippen MR) is 102 cm³/mol. The van der Waals surface area contributed by atoms with Gasteiger partial charge in [0.05, 0.1) is 11.5 Å². The van der Waals surface area contributed by atoms with Gasteiger partial charge in [-0.05, 0) is 25.3 Å². The Morgan fingerprint density at radius 3 is 2.54 bits per heavy atom. The molecule has 1 fully saturated rings. The molecule has 138 valence electrons. The first-order chi connectivity index (χ1) is 12.6. The molecule has 1 aliphatic rings. The third-order valence-electron chi connectivity index (χ3n) is 4.68. The van der Waals surface area contributed by atoms with Crippen LogP contribution in [-0.2, 0) is 15.0 Å². The highest BCUT2D eigenvalue weighted by Crippen LogP contribution is 2.43. The molecule has 3 rings (SSSR count). The number of carbonyl (C=O) groups excluding carboxylic acids is 2. The average molecular weight is 373 g/mol. The molecule has 0 saturated heterocycles. The summed E-state index contributed by atoms with van der Waals surface area (Å²) < 4.78 is 4.89. The van der Waals surface area contributed by atoms with Gasteiger partial charge in [-0.1, -0.05) is 41.9 Å². The Hall–Kier alpha value is -2.28. The summed E-state index contributed by atoms with van der Waals surface area (Å²) in [6, 6.07) is 12.0. The van der Waals surface area contributed by atoms with Crippen LogP contribution >= 0.6 is 11.8 Å². The third-order valence-corrected chi connectivity index (χ3v) is 5.62. The molecular weight excluding hydrogens is 350 g/mol. The molecule has 1 aromatic carbocycles. The Morgan fingerprint density at radius 1 is 1.19 bits per heavy atom. The largest absolute Gasteiger partial charge is 0.360 e. The Kier molecular flexibility index (Phi) is 5.98. The van der Waals surface area contributed by atoms with Crippen molar-refractivity contribution < 1.29 is 14.1 Å². The topological polar surface area (TPSA) is 84.2 Å². The van der Waals surface area contributed by atoms with Crippen LogP contribution in [-0.4, -0.2) is 35.0 Å². The number of benzene rings is 1. The first-order valence-corrected chi connectivity index (χ1v) is 9.86. The standard InChI is InChI=1S/C19H23N3O3S/c1-14-10-16(22-25-14)21-18(24)12-26-11-17(23)20-13-19(8-5-9-19)15-6-3-2-4-7-15/h2-4,6-7,10H,5,8-9,11-13H2,1H3,(H,20,23)(H,21,22,24). The van der Waals surface area contributed by atoms with E-state index in [2.05, 4.69) is 27.9 Å². The first kappa shape index (κ1) is 18.5. The van der Waals surface area contributed by atoms with Crippen LogP contribution in [0, 0.1) is 6.92 Å². The summed E-state index contributed by atoms with van der Waals surface area (Å²) in [6.45, 7) is 2.41. The molecule has 0 bridgehead atoms. The van der Waals surface area contributed by atoms with Gasteiger partial charge in [0.25, 0.3) is 0 Å². The van der Waals surface area contributed by atoms with Gasteiger partial charge >= 0.3 is 0 Å². The lowest BCUT2D eigenvalue weighted by Gasteiger charge is -2.42. The zero-order valence-corrected chi connectivity index (χ0v) is 15.6. The van der Waals surface area contributed by atoms with Gasteiger partial charge in [0.15, 0.2) is 5.82 Å². The Bertz CT molecular complexity index is 756. The molecule has 2 amide bonds. The number of hydrogen-bond acceptors (Lipinski definition) is 5. The number of aryl methyl sites for hydroxylation is 1. The summed E-state index contributed by atoms with van der Waals surface area (Å²) >= 11 is 1.29. The van der Waals surface area contributed by atoms with Gasteiger partial charge in [0, 0.05) is 18.0 Å². The Balaban J connectivity index is 1.38. The maximum Gasteiger partial charge on any atom is 0.235 e. The summed E-state index contributed by atoms with van der Waals surface area (Å²) in [6.07, 6.45) is 3.40. The highest BCUT2D eigenvalue weighted by atomic mass is 32.2. The maximum atomic E-state index is 12.1. The van der Waals surface area contributed by atoms with Crippen LogP contribution in [0.5, 0.6) is 0 Å². The van der Waals surface area contributed by atoms with Crippen LogP contribution < -0.4 is 10.6 Å². The number of amides is 2. The van der Waals surface area contributed by atoms with Gasteiger partial charge < -0.3 is 15.2 Å². The highest BCUT2D eigenvalue weighted by molar-refractivity contribution is 8.00. The normalized spacial score (nSPS) is 15.1. The van der Waals surface area contributed by atoms with Gasteiger partial charge in [-0.25, -0.2) is 0 Å². The van der Waals surface area contributed by atoms with Crippen molar-refractivity contribution in [2.45, 2.75) is 31.6 Å².